The third-order valence-electron chi connectivity index (χ3n) is 6.75. The maximum Gasteiger partial charge on any atom is 0.231 e. The predicted octanol–water partition coefficient (Wildman–Crippen LogP) is 4.28. The lowest BCUT2D eigenvalue weighted by molar-refractivity contribution is -0.126. The number of fused-ring (bicyclic) bond motifs is 2. The largest absolute Gasteiger partial charge is 0.454 e. The molecule has 2 aliphatic heterocycles. The van der Waals surface area contributed by atoms with Gasteiger partial charge in [0.25, 0.3) is 0 Å². The van der Waals surface area contributed by atoms with Crippen LogP contribution in [0.2, 0.25) is 0 Å². The zero-order chi connectivity index (χ0) is 22.6. The molecule has 2 aliphatic rings. The lowest BCUT2D eigenvalue weighted by Gasteiger charge is -2.37. The molecule has 5 rings (SSSR count). The van der Waals surface area contributed by atoms with E-state index in [2.05, 4.69) is 52.7 Å². The Morgan fingerprint density at radius 2 is 1.85 bits per heavy atom. The van der Waals surface area contributed by atoms with E-state index in [-0.39, 0.29) is 24.7 Å². The van der Waals surface area contributed by atoms with Crippen molar-refractivity contribution in [1.29, 1.82) is 0 Å². The van der Waals surface area contributed by atoms with Gasteiger partial charge in [-0.1, -0.05) is 48.5 Å². The summed E-state index contributed by atoms with van der Waals surface area (Å²) in [5.74, 6) is 1.66. The van der Waals surface area contributed by atoms with Crippen LogP contribution < -0.4 is 14.8 Å². The van der Waals surface area contributed by atoms with Gasteiger partial charge < -0.3 is 19.5 Å². The average Bonchev–Trinajstić information content (AvgIpc) is 3.34. The summed E-state index contributed by atoms with van der Waals surface area (Å²) in [5, 5.41) is 5.62. The van der Waals surface area contributed by atoms with E-state index in [1.165, 1.54) is 16.3 Å². The van der Waals surface area contributed by atoms with Gasteiger partial charge in [0, 0.05) is 19.6 Å². The van der Waals surface area contributed by atoms with E-state index in [0.717, 1.165) is 43.0 Å². The smallest absolute Gasteiger partial charge is 0.231 e. The number of nitrogens with one attached hydrogen (secondary N) is 1. The SMILES string of the molecule is COCC(c1cccc2ccccc12)N1CCC(C(=O)NCc2ccc3c(c2)OCO3)CC1. The topological polar surface area (TPSA) is 60.0 Å². The number of rotatable bonds is 7. The Morgan fingerprint density at radius 3 is 2.70 bits per heavy atom. The number of carbonyl (C=O) groups excluding carboxylic acids is 1. The molecule has 0 spiro atoms. The lowest BCUT2D eigenvalue weighted by atomic mass is 9.92. The van der Waals surface area contributed by atoms with Crippen LogP contribution in [0.25, 0.3) is 10.8 Å². The summed E-state index contributed by atoms with van der Waals surface area (Å²) in [5.41, 5.74) is 2.31. The quantitative estimate of drug-likeness (QED) is 0.587. The van der Waals surface area contributed by atoms with Crippen molar-refractivity contribution in [3.63, 3.8) is 0 Å². The van der Waals surface area contributed by atoms with E-state index in [0.29, 0.717) is 13.2 Å². The van der Waals surface area contributed by atoms with Crippen molar-refractivity contribution in [2.45, 2.75) is 25.4 Å². The van der Waals surface area contributed by atoms with Crippen LogP contribution in [0.4, 0.5) is 0 Å². The van der Waals surface area contributed by atoms with Gasteiger partial charge in [0.05, 0.1) is 12.6 Å². The molecule has 1 fully saturated rings. The number of amides is 1. The van der Waals surface area contributed by atoms with Gasteiger partial charge in [0.15, 0.2) is 11.5 Å². The zero-order valence-corrected chi connectivity index (χ0v) is 19.0. The molecule has 6 heteroatoms. The molecule has 0 radical (unpaired) electrons. The normalized spacial score (nSPS) is 17.2. The van der Waals surface area contributed by atoms with Gasteiger partial charge in [-0.25, -0.2) is 0 Å². The summed E-state index contributed by atoms with van der Waals surface area (Å²) in [4.78, 5) is 15.3. The predicted molar refractivity (Wildman–Crippen MR) is 127 cm³/mol. The molecule has 0 bridgehead atoms. The number of likely N-dealkylation sites (tertiary alicyclic amines) is 1. The van der Waals surface area contributed by atoms with Gasteiger partial charge in [-0.3, -0.25) is 9.69 Å². The van der Waals surface area contributed by atoms with Gasteiger partial charge in [-0.15, -0.1) is 0 Å². The molecule has 3 aromatic rings. The summed E-state index contributed by atoms with van der Waals surface area (Å²) >= 11 is 0. The molecule has 2 heterocycles. The van der Waals surface area contributed by atoms with Crippen LogP contribution in [-0.2, 0) is 16.1 Å². The van der Waals surface area contributed by atoms with Gasteiger partial charge in [0.2, 0.25) is 12.7 Å². The number of hydrogen-bond acceptors (Lipinski definition) is 5. The van der Waals surface area contributed by atoms with Crippen LogP contribution in [0.1, 0.15) is 30.0 Å². The third kappa shape index (κ3) is 4.68. The molecular weight excluding hydrogens is 416 g/mol. The highest BCUT2D eigenvalue weighted by Gasteiger charge is 2.30. The van der Waals surface area contributed by atoms with Gasteiger partial charge in [-0.05, 0) is 60.0 Å². The van der Waals surface area contributed by atoms with Crippen molar-refractivity contribution in [2.75, 3.05) is 33.6 Å². The van der Waals surface area contributed by atoms with E-state index >= 15 is 0 Å². The standard InChI is InChI=1S/C27H30N2O4/c1-31-17-24(23-8-4-6-20-5-2-3-7-22(20)23)29-13-11-21(12-14-29)27(30)28-16-19-9-10-25-26(15-19)33-18-32-25/h2-10,15,21,24H,11-14,16-18H2,1H3,(H,28,30). The Balaban J connectivity index is 1.20. The van der Waals surface area contributed by atoms with E-state index < -0.39 is 0 Å². The van der Waals surface area contributed by atoms with Crippen LogP contribution in [0.15, 0.2) is 60.7 Å². The average molecular weight is 447 g/mol. The first-order valence-electron chi connectivity index (χ1n) is 11.6. The fourth-order valence-corrected chi connectivity index (χ4v) is 4.95. The molecule has 1 atom stereocenters. The van der Waals surface area contributed by atoms with Crippen molar-refractivity contribution in [3.05, 3.63) is 71.8 Å². The number of carbonyl (C=O) groups is 1. The maximum absolute atomic E-state index is 12.8. The number of benzene rings is 3. The number of hydrogen-bond donors (Lipinski definition) is 1. The Hall–Kier alpha value is -3.09. The van der Waals surface area contributed by atoms with Crippen molar-refractivity contribution in [1.82, 2.24) is 10.2 Å². The number of methoxy groups -OCH3 is 1. The molecule has 1 N–H and O–H groups in total. The number of ether oxygens (including phenoxy) is 3. The first-order chi connectivity index (χ1) is 16.2. The highest BCUT2D eigenvalue weighted by atomic mass is 16.7. The summed E-state index contributed by atoms with van der Waals surface area (Å²) in [6, 6.07) is 21.0. The molecule has 172 valence electrons. The Bertz CT molecular complexity index is 1120. The van der Waals surface area contributed by atoms with Crippen molar-refractivity contribution >= 4 is 16.7 Å². The molecule has 6 nitrogen and oxygen atoms in total. The number of piperidine rings is 1. The van der Waals surface area contributed by atoms with Gasteiger partial charge >= 0.3 is 0 Å². The van der Waals surface area contributed by atoms with Crippen LogP contribution in [0, 0.1) is 5.92 Å². The molecule has 1 amide bonds. The minimum absolute atomic E-state index is 0.0333. The molecular formula is C27H30N2O4. The van der Waals surface area contributed by atoms with Crippen LogP contribution in [0.3, 0.4) is 0 Å². The van der Waals surface area contributed by atoms with E-state index in [1.807, 2.05) is 18.2 Å². The van der Waals surface area contributed by atoms with Gasteiger partial charge in [0.1, 0.15) is 0 Å². The lowest BCUT2D eigenvalue weighted by Crippen LogP contribution is -2.42. The van der Waals surface area contributed by atoms with E-state index in [1.54, 1.807) is 7.11 Å². The third-order valence-corrected chi connectivity index (χ3v) is 6.75. The summed E-state index contributed by atoms with van der Waals surface area (Å²) in [7, 11) is 1.76. The Kier molecular flexibility index (Phi) is 6.46. The molecule has 0 aliphatic carbocycles. The monoisotopic (exact) mass is 446 g/mol. The zero-order valence-electron chi connectivity index (χ0n) is 19.0. The second-order valence-electron chi connectivity index (χ2n) is 8.76. The second kappa shape index (κ2) is 9.81. The van der Waals surface area contributed by atoms with Crippen molar-refractivity contribution in [2.24, 2.45) is 5.92 Å². The Labute approximate surface area is 194 Å². The maximum atomic E-state index is 12.8. The van der Waals surface area contributed by atoms with Gasteiger partial charge in [-0.2, -0.15) is 0 Å². The first kappa shape index (κ1) is 21.7. The molecule has 33 heavy (non-hydrogen) atoms. The highest BCUT2D eigenvalue weighted by molar-refractivity contribution is 5.86. The summed E-state index contributed by atoms with van der Waals surface area (Å²) in [6.45, 7) is 3.14. The van der Waals surface area contributed by atoms with E-state index in [9.17, 15) is 4.79 Å². The van der Waals surface area contributed by atoms with Crippen LogP contribution >= 0.6 is 0 Å². The van der Waals surface area contributed by atoms with E-state index in [4.69, 9.17) is 14.2 Å². The highest BCUT2D eigenvalue weighted by Crippen LogP contribution is 2.33. The molecule has 1 saturated heterocycles. The van der Waals surface area contributed by atoms with Crippen LogP contribution in [0.5, 0.6) is 11.5 Å². The summed E-state index contributed by atoms with van der Waals surface area (Å²) < 4.78 is 16.4. The minimum Gasteiger partial charge on any atom is -0.454 e. The Morgan fingerprint density at radius 1 is 1.06 bits per heavy atom. The molecule has 0 aromatic heterocycles. The fourth-order valence-electron chi connectivity index (χ4n) is 4.95. The number of nitrogens with zero attached hydrogens (tertiary/aromatic N) is 1. The minimum atomic E-state index is 0.0333. The van der Waals surface area contributed by atoms with Crippen molar-refractivity contribution < 1.29 is 19.0 Å². The van der Waals surface area contributed by atoms with Crippen molar-refractivity contribution in [3.8, 4) is 11.5 Å². The molecule has 3 aromatic carbocycles. The summed E-state index contributed by atoms with van der Waals surface area (Å²) in [6.07, 6.45) is 1.69. The molecule has 1 unspecified atom stereocenters. The second-order valence-corrected chi connectivity index (χ2v) is 8.76. The van der Waals surface area contributed by atoms with Crippen LogP contribution in [-0.4, -0.2) is 44.4 Å². The fraction of sp³-hybridized carbons (Fsp3) is 0.370. The first-order valence-corrected chi connectivity index (χ1v) is 11.6. The molecule has 0 saturated carbocycles.